The second-order valence-electron chi connectivity index (χ2n) is 7.40. The Kier molecular flexibility index (Phi) is 9.02. The summed E-state index contributed by atoms with van der Waals surface area (Å²) in [6, 6.07) is 0. The summed E-state index contributed by atoms with van der Waals surface area (Å²) in [7, 11) is 0. The first-order valence-electron chi connectivity index (χ1n) is 8.04. The van der Waals surface area contributed by atoms with E-state index in [0.717, 1.165) is 6.42 Å². The Morgan fingerprint density at radius 2 is 1.48 bits per heavy atom. The summed E-state index contributed by atoms with van der Waals surface area (Å²) in [5, 5.41) is 9.28. The van der Waals surface area contributed by atoms with Crippen LogP contribution in [0, 0.1) is 5.92 Å². The van der Waals surface area contributed by atoms with Crippen molar-refractivity contribution < 1.29 is 19.3 Å². The number of rotatable bonds is 11. The van der Waals surface area contributed by atoms with Gasteiger partial charge in [-0.15, -0.1) is 0 Å². The van der Waals surface area contributed by atoms with E-state index in [1.165, 1.54) is 0 Å². The first kappa shape index (κ1) is 20.8. The van der Waals surface area contributed by atoms with Crippen LogP contribution in [0.3, 0.4) is 0 Å². The fourth-order valence-corrected chi connectivity index (χ4v) is 1.66. The first-order valence-corrected chi connectivity index (χ1v) is 8.04. The fourth-order valence-electron chi connectivity index (χ4n) is 1.66. The van der Waals surface area contributed by atoms with E-state index in [9.17, 15) is 5.11 Å². The standard InChI is InChI=1S/C17H36O4/c1-13(2)19-11-14(3)17(7,8)20-10-9-16(5,6)21-12-15(4)18/h13-15,18H,9-12H2,1-8H3. The lowest BCUT2D eigenvalue weighted by atomic mass is 9.93. The topological polar surface area (TPSA) is 47.9 Å². The quantitative estimate of drug-likeness (QED) is 0.635. The zero-order chi connectivity index (χ0) is 16.7. The van der Waals surface area contributed by atoms with Crippen LogP contribution in [-0.2, 0) is 14.2 Å². The SMILES string of the molecule is CC(O)COC(C)(C)CCOC(C)(C)C(C)COC(C)C. The molecule has 21 heavy (non-hydrogen) atoms. The number of aliphatic hydroxyl groups excluding tert-OH is 1. The van der Waals surface area contributed by atoms with Gasteiger partial charge in [0.25, 0.3) is 0 Å². The summed E-state index contributed by atoms with van der Waals surface area (Å²) in [6.45, 7) is 17.9. The molecule has 0 aromatic carbocycles. The summed E-state index contributed by atoms with van der Waals surface area (Å²) in [5.74, 6) is 0.321. The molecule has 4 nitrogen and oxygen atoms in total. The van der Waals surface area contributed by atoms with Crippen molar-refractivity contribution in [3.05, 3.63) is 0 Å². The molecule has 0 aromatic heterocycles. The van der Waals surface area contributed by atoms with E-state index in [1.807, 2.05) is 27.7 Å². The zero-order valence-electron chi connectivity index (χ0n) is 15.2. The van der Waals surface area contributed by atoms with Crippen molar-refractivity contribution >= 4 is 0 Å². The fraction of sp³-hybridized carbons (Fsp3) is 1.00. The first-order chi connectivity index (χ1) is 9.46. The number of hydrogen-bond donors (Lipinski definition) is 1. The summed E-state index contributed by atoms with van der Waals surface area (Å²) in [6.07, 6.45) is 0.604. The number of aliphatic hydroxyl groups is 1. The van der Waals surface area contributed by atoms with Gasteiger partial charge in [0.05, 0.1) is 43.2 Å². The summed E-state index contributed by atoms with van der Waals surface area (Å²) in [5.41, 5.74) is -0.514. The van der Waals surface area contributed by atoms with Crippen molar-refractivity contribution in [2.45, 2.75) is 85.2 Å². The summed E-state index contributed by atoms with van der Waals surface area (Å²) < 4.78 is 17.4. The van der Waals surface area contributed by atoms with Crippen molar-refractivity contribution in [3.63, 3.8) is 0 Å². The highest BCUT2D eigenvalue weighted by Crippen LogP contribution is 2.24. The normalized spacial score (nSPS) is 16.3. The molecule has 0 amide bonds. The molecule has 0 fully saturated rings. The van der Waals surface area contributed by atoms with Gasteiger partial charge in [-0.2, -0.15) is 0 Å². The van der Waals surface area contributed by atoms with Gasteiger partial charge in [0.15, 0.2) is 0 Å². The van der Waals surface area contributed by atoms with Crippen LogP contribution in [0.25, 0.3) is 0 Å². The molecule has 0 aliphatic carbocycles. The maximum absolute atomic E-state index is 9.28. The van der Waals surface area contributed by atoms with Crippen LogP contribution in [0.15, 0.2) is 0 Å². The Labute approximate surface area is 131 Å². The number of ether oxygens (including phenoxy) is 3. The molecule has 0 aliphatic heterocycles. The monoisotopic (exact) mass is 304 g/mol. The molecule has 0 bridgehead atoms. The molecule has 1 N–H and O–H groups in total. The molecule has 0 rings (SSSR count). The minimum absolute atomic E-state index is 0.227. The smallest absolute Gasteiger partial charge is 0.0745 e. The predicted octanol–water partition coefficient (Wildman–Crippen LogP) is 3.41. The minimum Gasteiger partial charge on any atom is -0.391 e. The molecule has 128 valence electrons. The van der Waals surface area contributed by atoms with E-state index < -0.39 is 6.10 Å². The average molecular weight is 304 g/mol. The minimum atomic E-state index is -0.435. The molecular formula is C17H36O4. The molecule has 2 atom stereocenters. The molecule has 0 saturated carbocycles. The molecule has 0 aromatic rings. The highest BCUT2D eigenvalue weighted by Gasteiger charge is 2.28. The van der Waals surface area contributed by atoms with Gasteiger partial charge >= 0.3 is 0 Å². The van der Waals surface area contributed by atoms with Crippen molar-refractivity contribution in [3.8, 4) is 0 Å². The van der Waals surface area contributed by atoms with Crippen LogP contribution in [0.4, 0.5) is 0 Å². The lowest BCUT2D eigenvalue weighted by Gasteiger charge is -2.34. The van der Waals surface area contributed by atoms with E-state index in [-0.39, 0.29) is 17.3 Å². The third kappa shape index (κ3) is 10.2. The van der Waals surface area contributed by atoms with Crippen molar-refractivity contribution in [2.75, 3.05) is 19.8 Å². The van der Waals surface area contributed by atoms with Crippen LogP contribution < -0.4 is 0 Å². The molecule has 0 radical (unpaired) electrons. The molecule has 0 aliphatic rings. The molecule has 4 heteroatoms. The van der Waals surface area contributed by atoms with Gasteiger partial charge in [-0.25, -0.2) is 0 Å². The third-order valence-electron chi connectivity index (χ3n) is 3.76. The molecule has 2 unspecified atom stereocenters. The summed E-state index contributed by atoms with van der Waals surface area (Å²) >= 11 is 0. The van der Waals surface area contributed by atoms with E-state index in [0.29, 0.717) is 25.7 Å². The van der Waals surface area contributed by atoms with Crippen LogP contribution in [-0.4, -0.2) is 48.3 Å². The molecular weight excluding hydrogens is 268 g/mol. The van der Waals surface area contributed by atoms with Crippen molar-refractivity contribution in [1.29, 1.82) is 0 Å². The highest BCUT2D eigenvalue weighted by atomic mass is 16.5. The van der Waals surface area contributed by atoms with Gasteiger partial charge in [0, 0.05) is 5.92 Å². The Hall–Kier alpha value is -0.160. The largest absolute Gasteiger partial charge is 0.391 e. The molecule has 0 saturated heterocycles. The van der Waals surface area contributed by atoms with Gasteiger partial charge in [0.2, 0.25) is 0 Å². The highest BCUT2D eigenvalue weighted by molar-refractivity contribution is 4.77. The maximum atomic E-state index is 9.28. The van der Waals surface area contributed by atoms with E-state index in [4.69, 9.17) is 14.2 Å². The average Bonchev–Trinajstić information content (AvgIpc) is 2.33. The van der Waals surface area contributed by atoms with E-state index >= 15 is 0 Å². The Balaban J connectivity index is 4.12. The Bertz CT molecular complexity index is 272. The van der Waals surface area contributed by atoms with Crippen LogP contribution in [0.2, 0.25) is 0 Å². The van der Waals surface area contributed by atoms with Crippen LogP contribution >= 0.6 is 0 Å². The lowest BCUT2D eigenvalue weighted by molar-refractivity contribution is -0.112. The van der Waals surface area contributed by atoms with Gasteiger partial charge in [-0.3, -0.25) is 0 Å². The van der Waals surface area contributed by atoms with Crippen molar-refractivity contribution in [1.82, 2.24) is 0 Å². The van der Waals surface area contributed by atoms with E-state index in [1.54, 1.807) is 6.92 Å². The molecule has 0 heterocycles. The molecule has 0 spiro atoms. The number of hydrogen-bond acceptors (Lipinski definition) is 4. The Morgan fingerprint density at radius 1 is 0.905 bits per heavy atom. The van der Waals surface area contributed by atoms with Crippen LogP contribution in [0.5, 0.6) is 0 Å². The van der Waals surface area contributed by atoms with E-state index in [2.05, 4.69) is 20.8 Å². The third-order valence-corrected chi connectivity index (χ3v) is 3.76. The summed E-state index contributed by atoms with van der Waals surface area (Å²) in [4.78, 5) is 0. The van der Waals surface area contributed by atoms with Gasteiger partial charge in [0.1, 0.15) is 0 Å². The van der Waals surface area contributed by atoms with Gasteiger partial charge in [-0.1, -0.05) is 6.92 Å². The second-order valence-corrected chi connectivity index (χ2v) is 7.40. The predicted molar refractivity (Wildman–Crippen MR) is 86.6 cm³/mol. The maximum Gasteiger partial charge on any atom is 0.0745 e. The van der Waals surface area contributed by atoms with Crippen molar-refractivity contribution in [2.24, 2.45) is 5.92 Å². The van der Waals surface area contributed by atoms with Gasteiger partial charge in [-0.05, 0) is 54.9 Å². The zero-order valence-corrected chi connectivity index (χ0v) is 15.2. The second kappa shape index (κ2) is 9.09. The van der Waals surface area contributed by atoms with Crippen LogP contribution in [0.1, 0.15) is 61.8 Å². The Morgan fingerprint density at radius 3 is 1.95 bits per heavy atom. The van der Waals surface area contributed by atoms with Gasteiger partial charge < -0.3 is 19.3 Å². The lowest BCUT2D eigenvalue weighted by Crippen LogP contribution is -2.38.